The monoisotopic (exact) mass is 374 g/mol. The van der Waals surface area contributed by atoms with E-state index in [2.05, 4.69) is 85.7 Å². The largest absolute Gasteiger partial charge is 0.375 e. The summed E-state index contributed by atoms with van der Waals surface area (Å²) in [7, 11) is 0. The molecule has 4 nitrogen and oxygen atoms in total. The second-order valence-corrected chi connectivity index (χ2v) is 7.24. The van der Waals surface area contributed by atoms with Crippen LogP contribution >= 0.6 is 0 Å². The van der Waals surface area contributed by atoms with Gasteiger partial charge in [0, 0.05) is 18.1 Å². The molecule has 146 valence electrons. The smallest absolute Gasteiger partial charge is 0.0617 e. The van der Waals surface area contributed by atoms with Gasteiger partial charge in [-0.2, -0.15) is 0 Å². The first-order chi connectivity index (χ1) is 13.2. The summed E-state index contributed by atoms with van der Waals surface area (Å²) in [5, 5.41) is 10.0. The molecule has 1 aromatic carbocycles. The lowest BCUT2D eigenvalue weighted by Gasteiger charge is -2.31. The number of nitrogens with zero attached hydrogens (tertiary/aromatic N) is 1. The van der Waals surface area contributed by atoms with Gasteiger partial charge in [0.15, 0.2) is 0 Å². The van der Waals surface area contributed by atoms with E-state index in [9.17, 15) is 0 Å². The molecular weight excluding hydrogens is 344 g/mol. The summed E-state index contributed by atoms with van der Waals surface area (Å²) < 4.78 is 0. The van der Waals surface area contributed by atoms with Crippen LogP contribution in [0.15, 0.2) is 102 Å². The SMILES string of the molecule is C=C(/C=C\N=C/C)NC1=CC=C(C(=C)NC(C)(C)c2cccc(C)c2)NC1=C. The molecule has 0 aliphatic carbocycles. The zero-order chi connectivity index (χ0) is 20.7. The topological polar surface area (TPSA) is 48.5 Å². The summed E-state index contributed by atoms with van der Waals surface area (Å²) in [4.78, 5) is 4.03. The highest BCUT2D eigenvalue weighted by Crippen LogP contribution is 2.24. The van der Waals surface area contributed by atoms with Crippen molar-refractivity contribution in [1.82, 2.24) is 16.0 Å². The molecular formula is C24H30N4. The number of benzene rings is 1. The summed E-state index contributed by atoms with van der Waals surface area (Å²) in [6.07, 6.45) is 9.15. The molecule has 1 aliphatic rings. The summed E-state index contributed by atoms with van der Waals surface area (Å²) in [5.74, 6) is 0. The minimum atomic E-state index is -0.256. The molecule has 0 unspecified atom stereocenters. The maximum Gasteiger partial charge on any atom is 0.0617 e. The standard InChI is InChI=1S/C24H30N4/c1-8-25-15-14-18(3)26-22-12-13-23(27-19(22)4)20(5)28-24(6,7)21-11-9-10-17(2)16-21/h8-16,26-28H,3-5H2,1-2,6-7H3/b15-14-,25-8-. The van der Waals surface area contributed by atoms with E-state index in [1.54, 1.807) is 18.5 Å². The van der Waals surface area contributed by atoms with Crippen molar-refractivity contribution in [2.45, 2.75) is 33.2 Å². The average Bonchev–Trinajstić information content (AvgIpc) is 2.63. The van der Waals surface area contributed by atoms with Crippen LogP contribution in [-0.4, -0.2) is 6.21 Å². The highest BCUT2D eigenvalue weighted by molar-refractivity contribution is 5.54. The lowest BCUT2D eigenvalue weighted by molar-refractivity contribution is 0.450. The van der Waals surface area contributed by atoms with Gasteiger partial charge in [-0.3, -0.25) is 4.99 Å². The Morgan fingerprint density at radius 3 is 2.61 bits per heavy atom. The van der Waals surface area contributed by atoms with Gasteiger partial charge in [0.05, 0.1) is 28.3 Å². The van der Waals surface area contributed by atoms with Crippen LogP contribution in [0.4, 0.5) is 0 Å². The predicted molar refractivity (Wildman–Crippen MR) is 121 cm³/mol. The first kappa shape index (κ1) is 21.0. The van der Waals surface area contributed by atoms with Crippen LogP contribution in [0, 0.1) is 6.92 Å². The van der Waals surface area contributed by atoms with Crippen LogP contribution in [0.25, 0.3) is 0 Å². The molecule has 0 spiro atoms. The Labute approximate surface area is 168 Å². The zero-order valence-electron chi connectivity index (χ0n) is 17.3. The van der Waals surface area contributed by atoms with Gasteiger partial charge in [-0.05, 0) is 51.5 Å². The molecule has 0 atom stereocenters. The van der Waals surface area contributed by atoms with Gasteiger partial charge in [0.25, 0.3) is 0 Å². The molecule has 0 amide bonds. The first-order valence-electron chi connectivity index (χ1n) is 9.26. The van der Waals surface area contributed by atoms with Crippen LogP contribution in [0.3, 0.4) is 0 Å². The fourth-order valence-electron chi connectivity index (χ4n) is 2.82. The van der Waals surface area contributed by atoms with E-state index in [1.165, 1.54) is 11.1 Å². The molecule has 0 aromatic heterocycles. The minimum absolute atomic E-state index is 0.256. The molecule has 4 heteroatoms. The van der Waals surface area contributed by atoms with E-state index >= 15 is 0 Å². The fourth-order valence-corrected chi connectivity index (χ4v) is 2.82. The molecule has 3 N–H and O–H groups in total. The molecule has 0 fully saturated rings. The van der Waals surface area contributed by atoms with E-state index in [-0.39, 0.29) is 5.54 Å². The van der Waals surface area contributed by atoms with Crippen molar-refractivity contribution in [3.8, 4) is 0 Å². The molecule has 0 saturated heterocycles. The lowest BCUT2D eigenvalue weighted by Crippen LogP contribution is -2.38. The summed E-state index contributed by atoms with van der Waals surface area (Å²) in [6, 6.07) is 8.48. The Hall–Kier alpha value is -3.27. The molecule has 2 rings (SSSR count). The zero-order valence-corrected chi connectivity index (χ0v) is 17.3. The Morgan fingerprint density at radius 2 is 1.96 bits per heavy atom. The molecule has 0 bridgehead atoms. The van der Waals surface area contributed by atoms with Crippen molar-refractivity contribution < 1.29 is 0 Å². The van der Waals surface area contributed by atoms with Gasteiger partial charge in [0.1, 0.15) is 0 Å². The quantitative estimate of drug-likeness (QED) is 0.447. The van der Waals surface area contributed by atoms with Crippen LogP contribution in [-0.2, 0) is 5.54 Å². The number of nitrogens with one attached hydrogen (secondary N) is 3. The Bertz CT molecular complexity index is 895. The summed E-state index contributed by atoms with van der Waals surface area (Å²) in [5.41, 5.74) is 6.21. The number of hydrogen-bond donors (Lipinski definition) is 3. The number of allylic oxidation sites excluding steroid dienone is 3. The van der Waals surface area contributed by atoms with Gasteiger partial charge in [-0.15, -0.1) is 0 Å². The minimum Gasteiger partial charge on any atom is -0.375 e. The third-order valence-electron chi connectivity index (χ3n) is 4.36. The van der Waals surface area contributed by atoms with Crippen molar-refractivity contribution in [3.63, 3.8) is 0 Å². The first-order valence-corrected chi connectivity index (χ1v) is 9.26. The number of aryl methyl sites for hydroxylation is 1. The van der Waals surface area contributed by atoms with Gasteiger partial charge >= 0.3 is 0 Å². The van der Waals surface area contributed by atoms with Crippen molar-refractivity contribution >= 4 is 6.21 Å². The van der Waals surface area contributed by atoms with E-state index in [0.29, 0.717) is 0 Å². The predicted octanol–water partition coefficient (Wildman–Crippen LogP) is 4.93. The Morgan fingerprint density at radius 1 is 1.21 bits per heavy atom. The van der Waals surface area contributed by atoms with E-state index in [0.717, 1.165) is 28.5 Å². The molecule has 1 aliphatic heterocycles. The van der Waals surface area contributed by atoms with E-state index in [1.807, 2.05) is 19.1 Å². The van der Waals surface area contributed by atoms with E-state index < -0.39 is 0 Å². The Balaban J connectivity index is 2.08. The summed E-state index contributed by atoms with van der Waals surface area (Å²) in [6.45, 7) is 20.5. The second kappa shape index (κ2) is 9.09. The van der Waals surface area contributed by atoms with Crippen molar-refractivity contribution in [1.29, 1.82) is 0 Å². The van der Waals surface area contributed by atoms with Crippen molar-refractivity contribution in [2.24, 2.45) is 4.99 Å². The van der Waals surface area contributed by atoms with Gasteiger partial charge in [-0.1, -0.05) is 49.6 Å². The highest BCUT2D eigenvalue weighted by Gasteiger charge is 2.22. The number of dihydropyridines is 1. The maximum absolute atomic E-state index is 4.20. The third-order valence-corrected chi connectivity index (χ3v) is 4.36. The summed E-state index contributed by atoms with van der Waals surface area (Å²) >= 11 is 0. The van der Waals surface area contributed by atoms with Crippen molar-refractivity contribution in [3.05, 3.63) is 108 Å². The lowest BCUT2D eigenvalue weighted by atomic mass is 9.92. The third kappa shape index (κ3) is 5.61. The fraction of sp³-hybridized carbons (Fsp3) is 0.208. The molecule has 0 radical (unpaired) electrons. The normalized spacial score (nSPS) is 14.5. The number of hydrogen-bond acceptors (Lipinski definition) is 4. The van der Waals surface area contributed by atoms with Crippen LogP contribution in [0.2, 0.25) is 0 Å². The van der Waals surface area contributed by atoms with E-state index in [4.69, 9.17) is 0 Å². The van der Waals surface area contributed by atoms with Crippen LogP contribution < -0.4 is 16.0 Å². The number of rotatable bonds is 8. The van der Waals surface area contributed by atoms with Gasteiger partial charge < -0.3 is 16.0 Å². The van der Waals surface area contributed by atoms with Crippen LogP contribution in [0.1, 0.15) is 31.9 Å². The molecule has 1 aromatic rings. The highest BCUT2D eigenvalue weighted by atomic mass is 15.1. The molecule has 1 heterocycles. The molecule has 0 saturated carbocycles. The van der Waals surface area contributed by atoms with Crippen molar-refractivity contribution in [2.75, 3.05) is 0 Å². The van der Waals surface area contributed by atoms with Crippen LogP contribution in [0.5, 0.6) is 0 Å². The number of aliphatic imine (C=N–C) groups is 1. The van der Waals surface area contributed by atoms with Gasteiger partial charge in [0.2, 0.25) is 0 Å². The Kier molecular flexibility index (Phi) is 6.83. The molecule has 28 heavy (non-hydrogen) atoms. The average molecular weight is 375 g/mol. The second-order valence-electron chi connectivity index (χ2n) is 7.24. The maximum atomic E-state index is 4.20. The van der Waals surface area contributed by atoms with Gasteiger partial charge in [-0.25, -0.2) is 0 Å².